The Hall–Kier alpha value is -2.34. The van der Waals surface area contributed by atoms with Gasteiger partial charge in [-0.05, 0) is 37.1 Å². The van der Waals surface area contributed by atoms with Gasteiger partial charge in [0, 0.05) is 18.4 Å². The maximum absolute atomic E-state index is 13.7. The number of hydrogen-bond donors (Lipinski definition) is 0. The van der Waals surface area contributed by atoms with E-state index in [1.807, 2.05) is 13.0 Å². The molecular weight excluding hydrogens is 374 g/mol. The van der Waals surface area contributed by atoms with Crippen LogP contribution in [0.5, 0.6) is 11.6 Å². The molecule has 0 saturated heterocycles. The topological polar surface area (TPSA) is 52.1 Å². The molecular formula is C20H21ClF2N2O2. The van der Waals surface area contributed by atoms with E-state index < -0.39 is 5.92 Å². The number of nitrogens with zero attached hydrogens (tertiary/aromatic N) is 2. The molecule has 7 heteroatoms. The third-order valence-electron chi connectivity index (χ3n) is 3.87. The molecule has 0 N–H and O–H groups in total. The molecule has 1 atom stereocenters. The lowest BCUT2D eigenvalue weighted by atomic mass is 10.0. The fourth-order valence-corrected chi connectivity index (χ4v) is 2.60. The molecule has 0 fully saturated rings. The largest absolute Gasteiger partial charge is 0.436 e. The number of rotatable bonds is 8. The average molecular weight is 395 g/mol. The highest BCUT2D eigenvalue weighted by atomic mass is 35.5. The van der Waals surface area contributed by atoms with E-state index in [1.54, 1.807) is 13.0 Å². The van der Waals surface area contributed by atoms with Crippen LogP contribution in [-0.2, 0) is 10.7 Å². The van der Waals surface area contributed by atoms with Crippen LogP contribution in [0.3, 0.4) is 0 Å². The summed E-state index contributed by atoms with van der Waals surface area (Å²) in [5, 5.41) is 0.0736. The van der Waals surface area contributed by atoms with E-state index in [2.05, 4.69) is 9.97 Å². The van der Waals surface area contributed by atoms with E-state index >= 15 is 0 Å². The van der Waals surface area contributed by atoms with Gasteiger partial charge in [-0.1, -0.05) is 31.5 Å². The van der Waals surface area contributed by atoms with Crippen molar-refractivity contribution in [2.45, 2.75) is 39.5 Å². The Labute approximate surface area is 162 Å². The number of hydrogen-bond acceptors (Lipinski definition) is 4. The van der Waals surface area contributed by atoms with Crippen molar-refractivity contribution in [3.05, 3.63) is 52.9 Å². The van der Waals surface area contributed by atoms with E-state index in [0.717, 1.165) is 0 Å². The summed E-state index contributed by atoms with van der Waals surface area (Å²) in [5.74, 6) is -2.28. The first-order valence-corrected chi connectivity index (χ1v) is 8.94. The summed E-state index contributed by atoms with van der Waals surface area (Å²) in [6.45, 7) is 4.90. The first-order valence-electron chi connectivity index (χ1n) is 8.56. The van der Waals surface area contributed by atoms with Crippen molar-refractivity contribution in [1.82, 2.24) is 9.97 Å². The number of alkyl halides is 2. The van der Waals surface area contributed by atoms with E-state index in [9.17, 15) is 13.6 Å². The van der Waals surface area contributed by atoms with E-state index in [1.165, 1.54) is 37.5 Å². The predicted molar refractivity (Wildman–Crippen MR) is 101 cm³/mol. The van der Waals surface area contributed by atoms with Gasteiger partial charge in [0.25, 0.3) is 5.92 Å². The molecule has 2 rings (SSSR count). The Morgan fingerprint density at radius 1 is 1.33 bits per heavy atom. The Kier molecular flexibility index (Phi) is 7.02. The Bertz CT molecular complexity index is 823. The van der Waals surface area contributed by atoms with Crippen molar-refractivity contribution >= 4 is 23.5 Å². The number of benzene rings is 1. The van der Waals surface area contributed by atoms with Gasteiger partial charge in [-0.2, -0.15) is 0 Å². The number of halogens is 3. The average Bonchev–Trinajstić information content (AvgIpc) is 2.62. The van der Waals surface area contributed by atoms with Gasteiger partial charge in [-0.3, -0.25) is 0 Å². The maximum Gasteiger partial charge on any atom is 0.273 e. The molecule has 2 aromatic rings. The van der Waals surface area contributed by atoms with Crippen LogP contribution < -0.4 is 4.74 Å². The van der Waals surface area contributed by atoms with Crippen molar-refractivity contribution < 1.29 is 18.3 Å². The summed E-state index contributed by atoms with van der Waals surface area (Å²) in [6.07, 6.45) is 6.75. The van der Waals surface area contributed by atoms with Crippen LogP contribution >= 0.6 is 11.6 Å². The third kappa shape index (κ3) is 6.10. The first-order chi connectivity index (χ1) is 12.7. The normalized spacial score (nSPS) is 13.0. The quantitative estimate of drug-likeness (QED) is 0.546. The lowest BCUT2D eigenvalue weighted by Crippen LogP contribution is -2.11. The zero-order chi connectivity index (χ0) is 20.0. The molecule has 0 aliphatic carbocycles. The molecule has 144 valence electrons. The summed E-state index contributed by atoms with van der Waals surface area (Å²) in [5.41, 5.74) is 0.454. The number of carbonyl (C=O) groups excluding carboxylic acids is 1. The highest BCUT2D eigenvalue weighted by Crippen LogP contribution is 2.36. The number of allylic oxidation sites excluding steroid dienone is 1. The van der Waals surface area contributed by atoms with Gasteiger partial charge in [0.2, 0.25) is 5.88 Å². The minimum atomic E-state index is -2.94. The monoisotopic (exact) mass is 394 g/mol. The van der Waals surface area contributed by atoms with Gasteiger partial charge < -0.3 is 9.53 Å². The zero-order valence-electron chi connectivity index (χ0n) is 15.4. The predicted octanol–water partition coefficient (Wildman–Crippen LogP) is 6.05. The van der Waals surface area contributed by atoms with Crippen LogP contribution in [0.2, 0.25) is 5.02 Å². The number of ether oxygens (including phenoxy) is 1. The van der Waals surface area contributed by atoms with Crippen molar-refractivity contribution in [1.29, 1.82) is 0 Å². The Balaban J connectivity index is 2.06. The van der Waals surface area contributed by atoms with Gasteiger partial charge in [0.15, 0.2) is 0 Å². The second-order valence-corrected chi connectivity index (χ2v) is 6.73. The number of Topliss-reactive ketones (excluding diaryl/α,β-unsaturated/α-hetero) is 1. The fourth-order valence-electron chi connectivity index (χ4n) is 2.38. The Morgan fingerprint density at radius 2 is 2.07 bits per heavy atom. The molecule has 0 bridgehead atoms. The van der Waals surface area contributed by atoms with Crippen molar-refractivity contribution in [3.63, 3.8) is 0 Å². The highest BCUT2D eigenvalue weighted by Gasteiger charge is 2.29. The fraction of sp³-hybridized carbons (Fsp3) is 0.350. The number of aromatic nitrogens is 2. The van der Waals surface area contributed by atoms with Gasteiger partial charge in [-0.25, -0.2) is 18.7 Å². The second-order valence-electron chi connectivity index (χ2n) is 6.33. The molecule has 0 radical (unpaired) electrons. The minimum absolute atomic E-state index is 0.0736. The van der Waals surface area contributed by atoms with Crippen LogP contribution in [-0.4, -0.2) is 15.8 Å². The molecule has 0 amide bonds. The summed E-state index contributed by atoms with van der Waals surface area (Å²) >= 11 is 6.05. The van der Waals surface area contributed by atoms with Gasteiger partial charge in [-0.15, -0.1) is 0 Å². The van der Waals surface area contributed by atoms with E-state index in [0.29, 0.717) is 12.1 Å². The van der Waals surface area contributed by atoms with Gasteiger partial charge >= 0.3 is 0 Å². The van der Waals surface area contributed by atoms with Gasteiger partial charge in [0.1, 0.15) is 11.5 Å². The first kappa shape index (κ1) is 21.0. The summed E-state index contributed by atoms with van der Waals surface area (Å²) < 4.78 is 33.0. The molecule has 0 spiro atoms. The number of ketones is 1. The molecule has 0 saturated carbocycles. The van der Waals surface area contributed by atoms with E-state index in [-0.39, 0.29) is 40.3 Å². The number of carbonyl (C=O) groups is 1. The van der Waals surface area contributed by atoms with Crippen LogP contribution in [0.1, 0.15) is 44.9 Å². The second kappa shape index (κ2) is 9.04. The SMILES string of the molecule is CCC(F)(F)c1ccc(Oc2cnc(/C=C/[C@H](C)CC(C)=O)cn2)c(Cl)c1. The third-order valence-corrected chi connectivity index (χ3v) is 4.16. The highest BCUT2D eigenvalue weighted by molar-refractivity contribution is 6.32. The maximum atomic E-state index is 13.7. The molecule has 1 aromatic heterocycles. The minimum Gasteiger partial charge on any atom is -0.436 e. The van der Waals surface area contributed by atoms with Crippen LogP contribution in [0, 0.1) is 5.92 Å². The van der Waals surface area contributed by atoms with Crippen molar-refractivity contribution in [2.24, 2.45) is 5.92 Å². The molecule has 0 aliphatic rings. The molecule has 0 aliphatic heterocycles. The molecule has 1 heterocycles. The van der Waals surface area contributed by atoms with Crippen LogP contribution in [0.25, 0.3) is 6.08 Å². The molecule has 1 aromatic carbocycles. The van der Waals surface area contributed by atoms with E-state index in [4.69, 9.17) is 16.3 Å². The van der Waals surface area contributed by atoms with Crippen molar-refractivity contribution in [2.75, 3.05) is 0 Å². The molecule has 0 unspecified atom stereocenters. The van der Waals surface area contributed by atoms with Crippen molar-refractivity contribution in [3.8, 4) is 11.6 Å². The smallest absolute Gasteiger partial charge is 0.273 e. The molecule has 4 nitrogen and oxygen atoms in total. The summed E-state index contributed by atoms with van der Waals surface area (Å²) in [7, 11) is 0. The lowest BCUT2D eigenvalue weighted by molar-refractivity contribution is -0.117. The summed E-state index contributed by atoms with van der Waals surface area (Å²) in [4.78, 5) is 19.4. The standard InChI is InChI=1S/C20H21ClF2N2O2/c1-4-20(22,23)15-6-8-18(17(21)10-15)27-19-12-24-16(11-25-19)7-5-13(2)9-14(3)26/h5-8,10-13H,4,9H2,1-3H3/b7-5+/t13-/m0/s1. The molecule has 27 heavy (non-hydrogen) atoms. The zero-order valence-corrected chi connectivity index (χ0v) is 16.1. The summed E-state index contributed by atoms with van der Waals surface area (Å²) in [6, 6.07) is 3.87. The Morgan fingerprint density at radius 3 is 2.63 bits per heavy atom. The van der Waals surface area contributed by atoms with Crippen LogP contribution in [0.4, 0.5) is 8.78 Å². The van der Waals surface area contributed by atoms with Gasteiger partial charge in [0.05, 0.1) is 23.1 Å². The van der Waals surface area contributed by atoms with Crippen LogP contribution in [0.15, 0.2) is 36.7 Å². The lowest BCUT2D eigenvalue weighted by Gasteiger charge is -2.15.